The van der Waals surface area contributed by atoms with Crippen LogP contribution in [0.4, 0.5) is 32.0 Å². The van der Waals surface area contributed by atoms with Gasteiger partial charge in [0.05, 0.1) is 6.61 Å². The van der Waals surface area contributed by atoms with Gasteiger partial charge in [0.15, 0.2) is 6.04 Å². The molecule has 3 aromatic carbocycles. The predicted octanol–water partition coefficient (Wildman–Crippen LogP) is 1.96. The number of anilines is 1. The molecule has 0 saturated carbocycles. The van der Waals surface area contributed by atoms with Gasteiger partial charge in [-0.25, -0.2) is 14.4 Å². The number of benzene rings is 3. The highest BCUT2D eigenvalue weighted by Gasteiger charge is 2.39. The molecule has 4 rings (SSSR count). The highest BCUT2D eigenvalue weighted by atomic mass is 19.4. The second-order valence-corrected chi connectivity index (χ2v) is 10.4. The molecule has 11 N–H and O–H groups in total. The largest absolute Gasteiger partial charge is 0.490 e. The summed E-state index contributed by atoms with van der Waals surface area (Å²) in [5.41, 5.74) is 20.0. The number of aliphatic hydroxyl groups is 1. The van der Waals surface area contributed by atoms with Gasteiger partial charge < -0.3 is 47.8 Å². The number of aliphatic carboxylic acids is 3. The molecule has 2 atom stereocenters. The van der Waals surface area contributed by atoms with Crippen LogP contribution in [0.3, 0.4) is 0 Å². The van der Waals surface area contributed by atoms with E-state index in [2.05, 4.69) is 5.32 Å². The van der Waals surface area contributed by atoms with Gasteiger partial charge in [-0.2, -0.15) is 26.3 Å². The lowest BCUT2D eigenvalue weighted by Gasteiger charge is -2.20. The van der Waals surface area contributed by atoms with Gasteiger partial charge in [0, 0.05) is 29.9 Å². The summed E-state index contributed by atoms with van der Waals surface area (Å²) in [4.78, 5) is 65.9. The fourth-order valence-electron chi connectivity index (χ4n) is 4.03. The lowest BCUT2D eigenvalue weighted by Crippen LogP contribution is -2.45. The second kappa shape index (κ2) is 20.1. The zero-order valence-electron chi connectivity index (χ0n) is 27.1. The number of aliphatic hydroxyl groups excluding tert-OH is 1. The number of carbonyl (C=O) groups excluding carboxylic acids is 3. The van der Waals surface area contributed by atoms with E-state index in [4.69, 9.17) is 42.1 Å². The number of amides is 3. The number of fused-ring (bicyclic) bond motifs is 1. The van der Waals surface area contributed by atoms with Crippen molar-refractivity contribution in [1.82, 2.24) is 5.32 Å². The van der Waals surface area contributed by atoms with Gasteiger partial charge in [-0.15, -0.1) is 0 Å². The van der Waals surface area contributed by atoms with Crippen molar-refractivity contribution < 1.29 is 75.5 Å². The number of primary amides is 1. The summed E-state index contributed by atoms with van der Waals surface area (Å²) >= 11 is 0. The maximum absolute atomic E-state index is 12.2. The Labute approximate surface area is 295 Å². The molecule has 0 unspecified atom stereocenters. The fraction of sp³-hybridized carbons (Fsp3) is 0.250. The van der Waals surface area contributed by atoms with Crippen LogP contribution in [-0.4, -0.2) is 87.6 Å². The van der Waals surface area contributed by atoms with Gasteiger partial charge in [-0.1, -0.05) is 48.5 Å². The molecule has 15 nitrogen and oxygen atoms in total. The molecule has 0 bridgehead atoms. The summed E-state index contributed by atoms with van der Waals surface area (Å²) in [7, 11) is 0. The highest BCUT2D eigenvalue weighted by Crippen LogP contribution is 2.29. The van der Waals surface area contributed by atoms with E-state index in [0.717, 1.165) is 11.1 Å². The molecule has 1 heterocycles. The standard InChI is InChI=1S/C16H16N2O3.C12H15N3O3.2C2HF3O2/c17-10-11-5-4-8-13(9-11)15(19)18-14(16(20)21)12-6-2-1-3-7-12;13-9(6-16)12(18)15-4-3-7-1-2-8(11(14)17)5-10(7)15;2*3-2(4,5)1(6)7/h1-9,14H,10,17H2,(H,18,19)(H,20,21);1-2,5,9,16H,3-4,6,13H2,(H2,14,17);2*(H,6,7)/t14-;9-;;/m11../s1. The van der Waals surface area contributed by atoms with E-state index in [1.807, 2.05) is 6.07 Å². The number of carboxylic acids is 3. The first kappa shape index (κ1) is 45.0. The van der Waals surface area contributed by atoms with Crippen molar-refractivity contribution in [3.8, 4) is 0 Å². The lowest BCUT2D eigenvalue weighted by molar-refractivity contribution is -0.193. The van der Waals surface area contributed by atoms with Crippen molar-refractivity contribution in [2.24, 2.45) is 17.2 Å². The molecule has 3 amide bonds. The number of alkyl halides is 6. The maximum atomic E-state index is 12.2. The van der Waals surface area contributed by atoms with E-state index in [-0.39, 0.29) is 5.91 Å². The minimum Gasteiger partial charge on any atom is -0.479 e. The molecule has 53 heavy (non-hydrogen) atoms. The van der Waals surface area contributed by atoms with Gasteiger partial charge in [0.2, 0.25) is 11.8 Å². The van der Waals surface area contributed by atoms with E-state index in [0.29, 0.717) is 41.9 Å². The second-order valence-electron chi connectivity index (χ2n) is 10.4. The van der Waals surface area contributed by atoms with E-state index >= 15 is 0 Å². The molecule has 0 aromatic heterocycles. The maximum Gasteiger partial charge on any atom is 0.490 e. The Kier molecular flexibility index (Phi) is 17.1. The third kappa shape index (κ3) is 14.6. The number of nitrogens with zero attached hydrogens (tertiary/aromatic N) is 1. The summed E-state index contributed by atoms with van der Waals surface area (Å²) in [6.07, 6.45) is -9.46. The van der Waals surface area contributed by atoms with Gasteiger partial charge in [0.1, 0.15) is 6.04 Å². The van der Waals surface area contributed by atoms with Crippen LogP contribution in [-0.2, 0) is 32.1 Å². The Hall–Kier alpha value is -6.06. The number of carboxylic acid groups (broad SMARTS) is 3. The van der Waals surface area contributed by atoms with E-state index < -0.39 is 60.8 Å². The summed E-state index contributed by atoms with van der Waals surface area (Å²) < 4.78 is 63.5. The molecule has 1 aliphatic heterocycles. The van der Waals surface area contributed by atoms with Crippen molar-refractivity contribution in [1.29, 1.82) is 0 Å². The fourth-order valence-corrected chi connectivity index (χ4v) is 4.03. The number of hydrogen-bond acceptors (Lipinski definition) is 9. The van der Waals surface area contributed by atoms with Crippen LogP contribution in [0.5, 0.6) is 0 Å². The van der Waals surface area contributed by atoms with Crippen molar-refractivity contribution in [3.05, 3.63) is 101 Å². The van der Waals surface area contributed by atoms with Crippen molar-refractivity contribution in [3.63, 3.8) is 0 Å². The first-order chi connectivity index (χ1) is 24.5. The molecule has 1 aliphatic rings. The van der Waals surface area contributed by atoms with Crippen molar-refractivity contribution >= 4 is 41.3 Å². The third-order valence-corrected chi connectivity index (χ3v) is 6.61. The lowest BCUT2D eigenvalue weighted by atomic mass is 10.1. The smallest absolute Gasteiger partial charge is 0.479 e. The topological polar surface area (TPSA) is 277 Å². The Balaban J connectivity index is 0.000000395. The molecule has 0 fully saturated rings. The minimum absolute atomic E-state index is 0.322. The Bertz CT molecular complexity index is 1730. The SMILES string of the molecule is NC(=O)c1ccc2c(c1)N(C(=O)[C@H](N)CO)CC2.NCc1cccc(C(=O)N[C@@H](C(=O)O)c2ccccc2)c1.O=C(O)C(F)(F)F.O=C(O)C(F)(F)F. The van der Waals surface area contributed by atoms with E-state index in [1.54, 1.807) is 66.7 Å². The molecule has 0 aliphatic carbocycles. The van der Waals surface area contributed by atoms with Gasteiger partial charge >= 0.3 is 30.3 Å². The quantitative estimate of drug-likeness (QED) is 0.153. The number of nitrogens with two attached hydrogens (primary N) is 3. The van der Waals surface area contributed by atoms with Gasteiger partial charge in [0.25, 0.3) is 5.91 Å². The molecular weight excluding hydrogens is 728 g/mol. The molecule has 288 valence electrons. The van der Waals surface area contributed by atoms with Crippen LogP contribution in [0.2, 0.25) is 0 Å². The summed E-state index contributed by atoms with van der Waals surface area (Å²) in [6.45, 7) is 0.423. The predicted molar refractivity (Wildman–Crippen MR) is 172 cm³/mol. The first-order valence-electron chi connectivity index (χ1n) is 14.6. The van der Waals surface area contributed by atoms with Crippen LogP contribution in [0.25, 0.3) is 0 Å². The average molecular weight is 762 g/mol. The number of hydrogen-bond donors (Lipinski definition) is 8. The molecule has 0 spiro atoms. The van der Waals surface area contributed by atoms with Crippen LogP contribution < -0.4 is 27.4 Å². The Morgan fingerprint density at radius 3 is 1.79 bits per heavy atom. The van der Waals surface area contributed by atoms with Gasteiger partial charge in [-0.05, 0) is 47.4 Å². The Morgan fingerprint density at radius 1 is 0.792 bits per heavy atom. The molecule has 0 radical (unpaired) electrons. The monoisotopic (exact) mass is 761 g/mol. The van der Waals surface area contributed by atoms with Crippen LogP contribution in [0.15, 0.2) is 72.8 Å². The summed E-state index contributed by atoms with van der Waals surface area (Å²) in [5.74, 6) is -7.95. The van der Waals surface area contributed by atoms with Gasteiger partial charge in [-0.3, -0.25) is 14.4 Å². The normalized spacial score (nSPS) is 12.8. The number of nitrogens with one attached hydrogen (secondary N) is 1. The number of carbonyl (C=O) groups is 6. The summed E-state index contributed by atoms with van der Waals surface area (Å²) in [6, 6.07) is 18.4. The third-order valence-electron chi connectivity index (χ3n) is 6.61. The molecular formula is C32H33F6N5O10. The average Bonchev–Trinajstić information content (AvgIpc) is 3.53. The van der Waals surface area contributed by atoms with Crippen molar-refractivity contribution in [2.75, 3.05) is 18.1 Å². The Morgan fingerprint density at radius 2 is 1.34 bits per heavy atom. The minimum atomic E-state index is -5.08. The number of rotatable bonds is 8. The van der Waals surface area contributed by atoms with E-state index in [1.165, 1.54) is 4.90 Å². The molecule has 3 aromatic rings. The summed E-state index contributed by atoms with van der Waals surface area (Å²) in [5, 5.41) is 35.0. The van der Waals surface area contributed by atoms with Crippen molar-refractivity contribution in [2.45, 2.75) is 37.4 Å². The van der Waals surface area contributed by atoms with Crippen LogP contribution >= 0.6 is 0 Å². The zero-order valence-corrected chi connectivity index (χ0v) is 27.1. The molecule has 21 heteroatoms. The van der Waals surface area contributed by atoms with Crippen LogP contribution in [0.1, 0.15) is 43.4 Å². The zero-order chi connectivity index (χ0) is 40.7. The highest BCUT2D eigenvalue weighted by molar-refractivity contribution is 6.01. The van der Waals surface area contributed by atoms with Crippen LogP contribution in [0, 0.1) is 0 Å². The molecule has 0 saturated heterocycles. The number of halogens is 6. The first-order valence-corrected chi connectivity index (χ1v) is 14.6. The van der Waals surface area contributed by atoms with E-state index in [9.17, 15) is 50.6 Å².